The molecule has 1 saturated heterocycles. The van der Waals surface area contributed by atoms with E-state index in [4.69, 9.17) is 0 Å². The van der Waals surface area contributed by atoms with Gasteiger partial charge >= 0.3 is 0 Å². The molecule has 3 N–H and O–H groups in total. The molecule has 0 aliphatic carbocycles. The van der Waals surface area contributed by atoms with Gasteiger partial charge in [-0.1, -0.05) is 182 Å². The third kappa shape index (κ3) is 5.27. The Balaban J connectivity index is 0.00000329. The number of benzene rings is 6. The van der Waals surface area contributed by atoms with Gasteiger partial charge in [0, 0.05) is 18.9 Å². The molecule has 43 heavy (non-hydrogen) atoms. The zero-order chi connectivity index (χ0) is 28.3. The molecule has 7 rings (SSSR count). The molecule has 1 fully saturated rings. The van der Waals surface area contributed by atoms with E-state index in [0.29, 0.717) is 0 Å². The first-order chi connectivity index (χ1) is 20.8. The quantitative estimate of drug-likeness (QED) is 0.257. The summed E-state index contributed by atoms with van der Waals surface area (Å²) in [5, 5.41) is 7.95. The molecule has 0 bridgehead atoms. The van der Waals surface area contributed by atoms with Crippen molar-refractivity contribution in [2.75, 3.05) is 0 Å². The summed E-state index contributed by atoms with van der Waals surface area (Å²) in [7, 11) is -8.63. The van der Waals surface area contributed by atoms with Crippen molar-refractivity contribution in [1.82, 2.24) is 13.9 Å². The zero-order valence-electron chi connectivity index (χ0n) is 24.3. The monoisotopic (exact) mass is 598 g/mol. The third-order valence-electron chi connectivity index (χ3n) is 8.37. The molecule has 6 aromatic carbocycles. The standard InChI is InChI=1S/C36H33N3Si3.Li/c1-7-19-31(20-8-1)40(32-21-9-2-10-22-32)37-41(33-23-11-3-12-24-33,34-25-13-4-14-26-34)39-42(38-40,35-27-15-5-16-28-35)36-29-17-6-18-30-36;/h1-30,37-39H;. The summed E-state index contributed by atoms with van der Waals surface area (Å²) >= 11 is 0. The summed E-state index contributed by atoms with van der Waals surface area (Å²) in [6.07, 6.45) is 0. The molecule has 3 nitrogen and oxygen atoms in total. The Kier molecular flexibility index (Phi) is 8.64. The molecule has 205 valence electrons. The van der Waals surface area contributed by atoms with Gasteiger partial charge in [-0.25, -0.2) is 0 Å². The van der Waals surface area contributed by atoms with Crippen LogP contribution in [0.15, 0.2) is 182 Å². The van der Waals surface area contributed by atoms with Gasteiger partial charge in [0.15, 0.2) is 0 Å². The van der Waals surface area contributed by atoms with Crippen molar-refractivity contribution in [3.63, 3.8) is 0 Å². The molecular weight excluding hydrogens is 566 g/mol. The van der Waals surface area contributed by atoms with E-state index in [1.807, 2.05) is 0 Å². The first-order valence-corrected chi connectivity index (χ1v) is 20.5. The van der Waals surface area contributed by atoms with Crippen molar-refractivity contribution in [1.29, 1.82) is 0 Å². The van der Waals surface area contributed by atoms with Gasteiger partial charge in [0.2, 0.25) is 0 Å². The van der Waals surface area contributed by atoms with Gasteiger partial charge in [0.05, 0.1) is 0 Å². The molecule has 0 aromatic heterocycles. The molecule has 1 heterocycles. The number of hydrogen-bond donors (Lipinski definition) is 3. The SMILES string of the molecule is [Li].c1ccc([Si]2(c3ccccc3)N[Si](c3ccccc3)(c3ccccc3)N[Si](c3ccccc3)(c3ccccc3)N2)cc1. The van der Waals surface area contributed by atoms with Gasteiger partial charge in [-0.05, 0) is 31.1 Å². The van der Waals surface area contributed by atoms with E-state index in [0.717, 1.165) is 0 Å². The van der Waals surface area contributed by atoms with Crippen LogP contribution in [0.2, 0.25) is 0 Å². The van der Waals surface area contributed by atoms with Crippen LogP contribution < -0.4 is 45.1 Å². The van der Waals surface area contributed by atoms with E-state index in [2.05, 4.69) is 196 Å². The van der Waals surface area contributed by atoms with Crippen LogP contribution in [0, 0.1) is 0 Å². The van der Waals surface area contributed by atoms with Crippen LogP contribution in [0.3, 0.4) is 0 Å². The predicted molar refractivity (Wildman–Crippen MR) is 189 cm³/mol. The summed E-state index contributed by atoms with van der Waals surface area (Å²) in [6, 6.07) is 66.7. The van der Waals surface area contributed by atoms with Gasteiger partial charge in [-0.15, -0.1) is 0 Å². The summed E-state index contributed by atoms with van der Waals surface area (Å²) in [6.45, 7) is 0. The number of hydrogen-bond acceptors (Lipinski definition) is 3. The fourth-order valence-electron chi connectivity index (χ4n) is 6.43. The molecular formula is C36H33LiN3Si3. The second-order valence-corrected chi connectivity index (χ2v) is 21.8. The maximum Gasteiger partial charge on any atom is 0.257 e. The summed E-state index contributed by atoms with van der Waals surface area (Å²) in [5.41, 5.74) is 0. The molecule has 1 aliphatic heterocycles. The Morgan fingerprint density at radius 3 is 0.512 bits per heavy atom. The fraction of sp³-hybridized carbons (Fsp3) is 0. The van der Waals surface area contributed by atoms with Crippen LogP contribution in [0.4, 0.5) is 0 Å². The van der Waals surface area contributed by atoms with Gasteiger partial charge < -0.3 is 13.9 Å². The Bertz CT molecular complexity index is 1400. The van der Waals surface area contributed by atoms with Crippen LogP contribution in [0.1, 0.15) is 0 Å². The minimum atomic E-state index is -2.88. The summed E-state index contributed by atoms with van der Waals surface area (Å²) in [5.74, 6) is 0. The first kappa shape index (κ1) is 29.5. The van der Waals surface area contributed by atoms with Crippen LogP contribution in [-0.2, 0) is 0 Å². The van der Waals surface area contributed by atoms with Gasteiger partial charge in [-0.2, -0.15) is 0 Å². The van der Waals surface area contributed by atoms with Crippen LogP contribution in [0.25, 0.3) is 0 Å². The minimum absolute atomic E-state index is 0. The maximum absolute atomic E-state index is 4.53. The molecule has 7 heteroatoms. The molecule has 0 atom stereocenters. The largest absolute Gasteiger partial charge is 0.322 e. The van der Waals surface area contributed by atoms with Crippen LogP contribution in [-0.4, -0.2) is 44.1 Å². The predicted octanol–water partition coefficient (Wildman–Crippen LogP) is 2.16. The zero-order valence-corrected chi connectivity index (χ0v) is 27.3. The first-order valence-electron chi connectivity index (χ1n) is 14.5. The van der Waals surface area contributed by atoms with E-state index in [9.17, 15) is 0 Å². The van der Waals surface area contributed by atoms with E-state index in [-0.39, 0.29) is 18.9 Å². The molecule has 6 aromatic rings. The molecule has 0 amide bonds. The van der Waals surface area contributed by atoms with Crippen LogP contribution >= 0.6 is 0 Å². The topological polar surface area (TPSA) is 36.1 Å². The van der Waals surface area contributed by atoms with Crippen molar-refractivity contribution < 1.29 is 0 Å². The van der Waals surface area contributed by atoms with Gasteiger partial charge in [0.25, 0.3) is 25.2 Å². The van der Waals surface area contributed by atoms with E-state index >= 15 is 0 Å². The average molecular weight is 599 g/mol. The number of nitrogens with one attached hydrogen (secondary N) is 3. The fourth-order valence-corrected chi connectivity index (χ4v) is 27.7. The average Bonchev–Trinajstić information content (AvgIpc) is 3.10. The number of rotatable bonds is 6. The molecule has 0 unspecified atom stereocenters. The maximum atomic E-state index is 4.53. The van der Waals surface area contributed by atoms with Crippen LogP contribution in [0.5, 0.6) is 0 Å². The second-order valence-electron chi connectivity index (χ2n) is 10.8. The molecule has 0 spiro atoms. The molecule has 0 saturated carbocycles. The smallest absolute Gasteiger partial charge is 0.257 e. The van der Waals surface area contributed by atoms with Crippen molar-refractivity contribution >= 4 is 75.2 Å². The van der Waals surface area contributed by atoms with Crippen molar-refractivity contribution in [2.45, 2.75) is 0 Å². The van der Waals surface area contributed by atoms with E-state index < -0.39 is 25.2 Å². The molecule has 1 aliphatic rings. The van der Waals surface area contributed by atoms with Gasteiger partial charge in [0.1, 0.15) is 0 Å². The van der Waals surface area contributed by atoms with Crippen molar-refractivity contribution in [3.05, 3.63) is 182 Å². The Morgan fingerprint density at radius 1 is 0.233 bits per heavy atom. The Hall–Kier alpha value is -3.55. The Labute approximate surface area is 269 Å². The van der Waals surface area contributed by atoms with Crippen molar-refractivity contribution in [2.24, 2.45) is 0 Å². The van der Waals surface area contributed by atoms with Gasteiger partial charge in [-0.3, -0.25) is 0 Å². The Morgan fingerprint density at radius 2 is 0.372 bits per heavy atom. The molecule has 1 radical (unpaired) electrons. The summed E-state index contributed by atoms with van der Waals surface area (Å²) in [4.78, 5) is 0. The van der Waals surface area contributed by atoms with E-state index in [1.54, 1.807) is 0 Å². The summed E-state index contributed by atoms with van der Waals surface area (Å²) < 4.78 is 13.6. The van der Waals surface area contributed by atoms with Crippen molar-refractivity contribution in [3.8, 4) is 0 Å². The normalized spacial score (nSPS) is 16.5. The third-order valence-corrected chi connectivity index (χ3v) is 24.6. The minimum Gasteiger partial charge on any atom is -0.322 e. The van der Waals surface area contributed by atoms with E-state index in [1.165, 1.54) is 31.1 Å². The second kappa shape index (κ2) is 12.6.